The monoisotopic (exact) mass is 356 g/mol. The summed E-state index contributed by atoms with van der Waals surface area (Å²) >= 11 is 3.50. The van der Waals surface area contributed by atoms with E-state index in [1.165, 1.54) is 0 Å². The highest BCUT2D eigenvalue weighted by Gasteiger charge is 2.15. The number of hydrogen-bond donors (Lipinski definition) is 0. The lowest BCUT2D eigenvalue weighted by Gasteiger charge is -2.02. The molecule has 0 bridgehead atoms. The summed E-state index contributed by atoms with van der Waals surface area (Å²) in [7, 11) is 0. The molecule has 3 aromatic rings. The molecule has 0 atom stereocenters. The van der Waals surface area contributed by atoms with Crippen LogP contribution >= 0.6 is 15.9 Å². The van der Waals surface area contributed by atoms with Gasteiger partial charge in [-0.2, -0.15) is 0 Å². The van der Waals surface area contributed by atoms with Gasteiger partial charge in [0.2, 0.25) is 0 Å². The second-order valence-electron chi connectivity index (χ2n) is 5.54. The Morgan fingerprint density at radius 2 is 1.86 bits per heavy atom. The lowest BCUT2D eigenvalue weighted by Crippen LogP contribution is -1.87. The summed E-state index contributed by atoms with van der Waals surface area (Å²) in [5.74, 6) is 1.07. The van der Waals surface area contributed by atoms with E-state index in [1.807, 2.05) is 53.9 Å². The first-order chi connectivity index (χ1) is 10.6. The van der Waals surface area contributed by atoms with Crippen molar-refractivity contribution in [3.05, 3.63) is 58.3 Å². The van der Waals surface area contributed by atoms with E-state index < -0.39 is 0 Å². The maximum atomic E-state index is 4.68. The number of aryl methyl sites for hydroxylation is 1. The Bertz CT molecular complexity index is 849. The number of rotatable bonds is 3. The first kappa shape index (κ1) is 14.9. The summed E-state index contributed by atoms with van der Waals surface area (Å²) in [5.41, 5.74) is 3.82. The Labute approximate surface area is 138 Å². The lowest BCUT2D eigenvalue weighted by molar-refractivity contribution is 0.831. The maximum Gasteiger partial charge on any atom is 0.183 e. The highest BCUT2D eigenvalue weighted by atomic mass is 79.9. The quantitative estimate of drug-likeness (QED) is 0.535. The lowest BCUT2D eigenvalue weighted by atomic mass is 10.1. The molecule has 0 spiro atoms. The average Bonchev–Trinajstić information content (AvgIpc) is 2.84. The van der Waals surface area contributed by atoms with Crippen molar-refractivity contribution >= 4 is 33.1 Å². The van der Waals surface area contributed by atoms with E-state index in [4.69, 9.17) is 0 Å². The number of aromatic nitrogens is 2. The van der Waals surface area contributed by atoms with Crippen molar-refractivity contribution in [1.29, 1.82) is 0 Å². The fourth-order valence-electron chi connectivity index (χ4n) is 2.29. The number of halogens is 1. The molecule has 4 nitrogen and oxygen atoms in total. The van der Waals surface area contributed by atoms with Crippen molar-refractivity contribution in [1.82, 2.24) is 9.38 Å². The number of azo groups is 1. The van der Waals surface area contributed by atoms with Crippen molar-refractivity contribution in [3.8, 4) is 0 Å². The van der Waals surface area contributed by atoms with E-state index in [-0.39, 0.29) is 5.92 Å². The normalized spacial score (nSPS) is 11.9. The van der Waals surface area contributed by atoms with Crippen molar-refractivity contribution in [2.24, 2.45) is 10.2 Å². The van der Waals surface area contributed by atoms with Crippen LogP contribution in [0.2, 0.25) is 0 Å². The Kier molecular flexibility index (Phi) is 4.07. The molecule has 3 rings (SSSR count). The second kappa shape index (κ2) is 6.01. The van der Waals surface area contributed by atoms with Crippen LogP contribution in [0, 0.1) is 6.92 Å². The first-order valence-electron chi connectivity index (χ1n) is 7.21. The van der Waals surface area contributed by atoms with Gasteiger partial charge in [-0.1, -0.05) is 32.0 Å². The maximum absolute atomic E-state index is 4.68. The number of pyridine rings is 1. The molecule has 0 amide bonds. The van der Waals surface area contributed by atoms with Crippen LogP contribution in [-0.4, -0.2) is 9.38 Å². The van der Waals surface area contributed by atoms with Gasteiger partial charge in [-0.15, -0.1) is 10.2 Å². The fourth-order valence-corrected chi connectivity index (χ4v) is 2.63. The molecule has 0 unspecified atom stereocenters. The molecule has 0 fully saturated rings. The van der Waals surface area contributed by atoms with Crippen molar-refractivity contribution in [2.75, 3.05) is 0 Å². The summed E-state index contributed by atoms with van der Waals surface area (Å²) in [6.45, 7) is 6.26. The molecule has 5 heteroatoms. The van der Waals surface area contributed by atoms with Crippen LogP contribution in [0.3, 0.4) is 0 Å². The van der Waals surface area contributed by atoms with Gasteiger partial charge in [0.15, 0.2) is 5.82 Å². The summed E-state index contributed by atoms with van der Waals surface area (Å²) in [6.07, 6.45) is 1.97. The first-order valence-corrected chi connectivity index (χ1v) is 8.00. The van der Waals surface area contributed by atoms with Crippen LogP contribution < -0.4 is 0 Å². The van der Waals surface area contributed by atoms with Crippen LogP contribution in [0.4, 0.5) is 11.5 Å². The molecule has 2 aromatic heterocycles. The van der Waals surface area contributed by atoms with Crippen LogP contribution in [0.5, 0.6) is 0 Å². The smallest absolute Gasteiger partial charge is 0.183 e. The number of nitrogens with zero attached hydrogens (tertiary/aromatic N) is 4. The number of fused-ring (bicyclic) bond motifs is 1. The van der Waals surface area contributed by atoms with Gasteiger partial charge in [-0.3, -0.25) is 4.40 Å². The van der Waals surface area contributed by atoms with E-state index in [0.717, 1.165) is 32.9 Å². The molecule has 0 aliphatic heterocycles. The minimum absolute atomic E-state index is 0.282. The van der Waals surface area contributed by atoms with Gasteiger partial charge >= 0.3 is 0 Å². The molecule has 0 saturated carbocycles. The van der Waals surface area contributed by atoms with Crippen molar-refractivity contribution in [2.45, 2.75) is 26.7 Å². The predicted octanol–water partition coefficient (Wildman–Crippen LogP) is 5.94. The molecule has 0 radical (unpaired) electrons. The van der Waals surface area contributed by atoms with E-state index in [1.54, 1.807) is 0 Å². The zero-order valence-electron chi connectivity index (χ0n) is 12.8. The third-order valence-corrected chi connectivity index (χ3v) is 3.97. The standard InChI is InChI=1S/C17H17BrN4/c1-11(2)16-17(21-20-14-7-5-4-6-12(14)3)22-10-13(18)8-9-15(22)19-16/h4-11H,1-3H3. The van der Waals surface area contributed by atoms with Crippen molar-refractivity contribution < 1.29 is 0 Å². The Hall–Kier alpha value is -2.01. The predicted molar refractivity (Wildman–Crippen MR) is 92.3 cm³/mol. The number of imidazole rings is 1. The molecule has 112 valence electrons. The van der Waals surface area contributed by atoms with Crippen LogP contribution in [0.1, 0.15) is 31.0 Å². The third kappa shape index (κ3) is 2.81. The summed E-state index contributed by atoms with van der Waals surface area (Å²) in [6, 6.07) is 11.9. The number of benzene rings is 1. The zero-order valence-corrected chi connectivity index (χ0v) is 14.4. The van der Waals surface area contributed by atoms with Gasteiger partial charge in [0.1, 0.15) is 5.65 Å². The van der Waals surface area contributed by atoms with Gasteiger partial charge in [0, 0.05) is 10.7 Å². The largest absolute Gasteiger partial charge is 0.282 e. The second-order valence-corrected chi connectivity index (χ2v) is 6.45. The van der Waals surface area contributed by atoms with E-state index in [0.29, 0.717) is 0 Å². The number of hydrogen-bond acceptors (Lipinski definition) is 3. The van der Waals surface area contributed by atoms with Gasteiger partial charge in [0.25, 0.3) is 0 Å². The molecule has 2 heterocycles. The molecule has 0 aliphatic carbocycles. The van der Waals surface area contributed by atoms with Crippen LogP contribution in [0.15, 0.2) is 57.3 Å². The SMILES string of the molecule is Cc1ccccc1N=Nc1c(C(C)C)nc2ccc(Br)cn12. The molecule has 22 heavy (non-hydrogen) atoms. The zero-order chi connectivity index (χ0) is 15.7. The summed E-state index contributed by atoms with van der Waals surface area (Å²) < 4.78 is 2.96. The molecule has 1 aromatic carbocycles. The van der Waals surface area contributed by atoms with Gasteiger partial charge < -0.3 is 0 Å². The topological polar surface area (TPSA) is 42.0 Å². The average molecular weight is 357 g/mol. The van der Waals surface area contributed by atoms with Gasteiger partial charge in [0.05, 0.1) is 11.4 Å². The van der Waals surface area contributed by atoms with E-state index >= 15 is 0 Å². The summed E-state index contributed by atoms with van der Waals surface area (Å²) in [4.78, 5) is 4.68. The Balaban J connectivity index is 2.14. The molecule has 0 aliphatic rings. The minimum Gasteiger partial charge on any atom is -0.282 e. The molecular weight excluding hydrogens is 340 g/mol. The van der Waals surface area contributed by atoms with Crippen molar-refractivity contribution in [3.63, 3.8) is 0 Å². The third-order valence-electron chi connectivity index (χ3n) is 3.50. The Morgan fingerprint density at radius 1 is 1.09 bits per heavy atom. The summed E-state index contributed by atoms with van der Waals surface area (Å²) in [5, 5.41) is 8.91. The Morgan fingerprint density at radius 3 is 2.59 bits per heavy atom. The molecular formula is C17H17BrN4. The van der Waals surface area contributed by atoms with Gasteiger partial charge in [-0.05, 0) is 52.5 Å². The van der Waals surface area contributed by atoms with E-state index in [2.05, 4.69) is 45.0 Å². The van der Waals surface area contributed by atoms with Gasteiger partial charge in [-0.25, -0.2) is 4.98 Å². The molecule has 0 N–H and O–H groups in total. The highest BCUT2D eigenvalue weighted by molar-refractivity contribution is 9.10. The fraction of sp³-hybridized carbons (Fsp3) is 0.235. The minimum atomic E-state index is 0.282. The molecule has 0 saturated heterocycles. The van der Waals surface area contributed by atoms with E-state index in [9.17, 15) is 0 Å². The van der Waals surface area contributed by atoms with Crippen LogP contribution in [0.25, 0.3) is 5.65 Å². The highest BCUT2D eigenvalue weighted by Crippen LogP contribution is 2.30. The van der Waals surface area contributed by atoms with Crippen LogP contribution in [-0.2, 0) is 0 Å².